The summed E-state index contributed by atoms with van der Waals surface area (Å²) in [5, 5.41) is 14.0. The first-order chi connectivity index (χ1) is 14.0. The summed E-state index contributed by atoms with van der Waals surface area (Å²) < 4.78 is 13.5. The molecule has 2 N–H and O–H groups in total. The zero-order valence-electron chi connectivity index (χ0n) is 16.7. The number of hydrogen-bond acceptors (Lipinski definition) is 8. The van der Waals surface area contributed by atoms with Crippen molar-refractivity contribution in [1.29, 1.82) is 0 Å². The third kappa shape index (κ3) is 2.89. The number of morpholine rings is 1. The lowest BCUT2D eigenvalue weighted by atomic mass is 10.0. The summed E-state index contributed by atoms with van der Waals surface area (Å²) in [7, 11) is 1.81. The van der Waals surface area contributed by atoms with Crippen LogP contribution in [0.4, 0.5) is 11.8 Å². The highest BCUT2D eigenvalue weighted by molar-refractivity contribution is 5.80. The monoisotopic (exact) mass is 396 g/mol. The maximum Gasteiger partial charge on any atom is 0.239 e. The Morgan fingerprint density at radius 3 is 2.79 bits per heavy atom. The Kier molecular flexibility index (Phi) is 4.11. The number of benzene rings is 1. The molecule has 9 nitrogen and oxygen atoms in total. The first-order valence-corrected chi connectivity index (χ1v) is 9.75. The topological polar surface area (TPSA) is 97.6 Å². The summed E-state index contributed by atoms with van der Waals surface area (Å²) in [6.07, 6.45) is 0. The summed E-state index contributed by atoms with van der Waals surface area (Å²) in [6, 6.07) is 7.92. The zero-order valence-corrected chi connectivity index (χ0v) is 16.7. The molecule has 1 unspecified atom stereocenters. The average molecular weight is 396 g/mol. The Morgan fingerprint density at radius 1 is 1.17 bits per heavy atom. The molecule has 152 valence electrons. The molecule has 2 aromatic heterocycles. The van der Waals surface area contributed by atoms with Crippen molar-refractivity contribution < 1.29 is 14.6 Å². The molecule has 4 heterocycles. The van der Waals surface area contributed by atoms with E-state index in [-0.39, 0.29) is 6.04 Å². The van der Waals surface area contributed by atoms with Gasteiger partial charge in [-0.3, -0.25) is 0 Å². The minimum absolute atomic E-state index is 0.0944. The third-order valence-corrected chi connectivity index (χ3v) is 5.32. The van der Waals surface area contributed by atoms with Crippen LogP contribution in [-0.4, -0.2) is 64.1 Å². The van der Waals surface area contributed by atoms with Gasteiger partial charge >= 0.3 is 0 Å². The molecule has 2 aliphatic heterocycles. The fourth-order valence-corrected chi connectivity index (χ4v) is 3.92. The van der Waals surface area contributed by atoms with E-state index in [1.165, 1.54) is 0 Å². The molecule has 29 heavy (non-hydrogen) atoms. The number of para-hydroxylation sites is 2. The van der Waals surface area contributed by atoms with Crippen LogP contribution in [0.25, 0.3) is 17.0 Å². The quantitative estimate of drug-likeness (QED) is 0.690. The van der Waals surface area contributed by atoms with E-state index >= 15 is 0 Å². The summed E-state index contributed by atoms with van der Waals surface area (Å²) in [5.74, 6) is 2.29. The van der Waals surface area contributed by atoms with Gasteiger partial charge in [-0.2, -0.15) is 4.98 Å². The lowest BCUT2D eigenvalue weighted by molar-refractivity contribution is 0.0561. The molecule has 2 aliphatic rings. The van der Waals surface area contributed by atoms with Gasteiger partial charge in [-0.05, 0) is 26.0 Å². The van der Waals surface area contributed by atoms with Crippen molar-refractivity contribution in [3.8, 4) is 11.7 Å². The summed E-state index contributed by atoms with van der Waals surface area (Å²) in [4.78, 5) is 16.4. The van der Waals surface area contributed by atoms with E-state index in [0.717, 1.165) is 11.0 Å². The number of anilines is 2. The number of ether oxygens (including phenoxy) is 2. The summed E-state index contributed by atoms with van der Waals surface area (Å²) >= 11 is 0. The van der Waals surface area contributed by atoms with Crippen molar-refractivity contribution in [3.63, 3.8) is 0 Å². The zero-order chi connectivity index (χ0) is 20.2. The van der Waals surface area contributed by atoms with Gasteiger partial charge in [0.1, 0.15) is 17.9 Å². The van der Waals surface area contributed by atoms with Crippen LogP contribution in [0.1, 0.15) is 19.5 Å². The van der Waals surface area contributed by atoms with E-state index < -0.39 is 5.60 Å². The van der Waals surface area contributed by atoms with Gasteiger partial charge in [0, 0.05) is 13.6 Å². The minimum Gasteiger partial charge on any atom is -0.485 e. The van der Waals surface area contributed by atoms with E-state index in [1.54, 1.807) is 13.8 Å². The third-order valence-electron chi connectivity index (χ3n) is 5.32. The first-order valence-electron chi connectivity index (χ1n) is 9.75. The number of fused-ring (bicyclic) bond motifs is 4. The van der Waals surface area contributed by atoms with Crippen LogP contribution in [0.3, 0.4) is 0 Å². The van der Waals surface area contributed by atoms with Crippen molar-refractivity contribution in [2.45, 2.75) is 25.5 Å². The van der Waals surface area contributed by atoms with Crippen LogP contribution >= 0.6 is 0 Å². The Labute approximate surface area is 168 Å². The molecule has 9 heteroatoms. The molecule has 1 aromatic carbocycles. The molecule has 0 aliphatic carbocycles. The second-order valence-corrected chi connectivity index (χ2v) is 7.83. The molecule has 3 aromatic rings. The van der Waals surface area contributed by atoms with Crippen LogP contribution in [0.15, 0.2) is 24.3 Å². The van der Waals surface area contributed by atoms with Gasteiger partial charge in [0.2, 0.25) is 11.9 Å². The number of rotatable bonds is 3. The molecule has 0 bridgehead atoms. The number of aliphatic hydroxyl groups is 1. The van der Waals surface area contributed by atoms with Crippen LogP contribution < -0.4 is 15.0 Å². The standard InChI is InChI=1S/C20H24N6O3/c1-20(2,27)16-15-17(25-8-9-28-10-12(25)11-29-15)24-19(23-16)26-14-7-5-4-6-13(14)22-18(26)21-3/h4-7,12,27H,8-11H2,1-3H3,(H,21,22). The maximum absolute atomic E-state index is 10.8. The van der Waals surface area contributed by atoms with Gasteiger partial charge in [0.05, 0.1) is 30.3 Å². The number of nitrogens with one attached hydrogen (secondary N) is 1. The molecular formula is C20H24N6O3. The first kappa shape index (κ1) is 18.1. The van der Waals surface area contributed by atoms with Crippen molar-refractivity contribution in [2.24, 2.45) is 0 Å². The SMILES string of the molecule is CNc1nc2ccccc2n1-c1nc2c(c(C(C)(C)O)n1)OCC1COCCN21. The number of hydrogen-bond donors (Lipinski definition) is 2. The Hall–Kier alpha value is -2.91. The fourth-order valence-electron chi connectivity index (χ4n) is 3.92. The van der Waals surface area contributed by atoms with Gasteiger partial charge in [-0.1, -0.05) is 12.1 Å². The Balaban J connectivity index is 1.77. The molecule has 0 radical (unpaired) electrons. The molecule has 1 saturated heterocycles. The molecular weight excluding hydrogens is 372 g/mol. The van der Waals surface area contributed by atoms with Gasteiger partial charge in [0.25, 0.3) is 0 Å². The predicted octanol–water partition coefficient (Wildman–Crippen LogP) is 1.68. The maximum atomic E-state index is 10.8. The lowest BCUT2D eigenvalue weighted by Gasteiger charge is -2.41. The largest absolute Gasteiger partial charge is 0.485 e. The van der Waals surface area contributed by atoms with Crippen LogP contribution in [0, 0.1) is 0 Å². The molecule has 0 spiro atoms. The normalized spacial score (nSPS) is 18.9. The highest BCUT2D eigenvalue weighted by atomic mass is 16.5. The number of nitrogens with zero attached hydrogens (tertiary/aromatic N) is 5. The van der Waals surface area contributed by atoms with E-state index in [2.05, 4.69) is 15.2 Å². The fraction of sp³-hybridized carbons (Fsp3) is 0.450. The van der Waals surface area contributed by atoms with Crippen molar-refractivity contribution in [2.75, 3.05) is 43.6 Å². The van der Waals surface area contributed by atoms with Crippen LogP contribution in [0.5, 0.6) is 5.75 Å². The highest BCUT2D eigenvalue weighted by Crippen LogP contribution is 2.40. The molecule has 0 amide bonds. The van der Waals surface area contributed by atoms with Gasteiger partial charge in [-0.15, -0.1) is 0 Å². The number of imidazole rings is 1. The van der Waals surface area contributed by atoms with E-state index in [9.17, 15) is 5.11 Å². The molecule has 1 fully saturated rings. The van der Waals surface area contributed by atoms with Crippen molar-refractivity contribution >= 4 is 22.8 Å². The minimum atomic E-state index is -1.20. The van der Waals surface area contributed by atoms with Gasteiger partial charge < -0.3 is 24.8 Å². The summed E-state index contributed by atoms with van der Waals surface area (Å²) in [5.41, 5.74) is 0.983. The van der Waals surface area contributed by atoms with Gasteiger partial charge in [0.15, 0.2) is 11.6 Å². The predicted molar refractivity (Wildman–Crippen MR) is 109 cm³/mol. The Bertz CT molecular complexity index is 1070. The smallest absolute Gasteiger partial charge is 0.239 e. The second-order valence-electron chi connectivity index (χ2n) is 7.83. The molecule has 0 saturated carbocycles. The van der Waals surface area contributed by atoms with Crippen molar-refractivity contribution in [3.05, 3.63) is 30.0 Å². The lowest BCUT2D eigenvalue weighted by Crippen LogP contribution is -2.52. The van der Waals surface area contributed by atoms with Crippen LogP contribution in [-0.2, 0) is 10.3 Å². The van der Waals surface area contributed by atoms with E-state index in [0.29, 0.717) is 55.5 Å². The van der Waals surface area contributed by atoms with E-state index in [1.807, 2.05) is 35.9 Å². The highest BCUT2D eigenvalue weighted by Gasteiger charge is 2.37. The molecule has 5 rings (SSSR count). The van der Waals surface area contributed by atoms with E-state index in [4.69, 9.17) is 19.4 Å². The van der Waals surface area contributed by atoms with Crippen molar-refractivity contribution in [1.82, 2.24) is 19.5 Å². The van der Waals surface area contributed by atoms with Crippen LogP contribution in [0.2, 0.25) is 0 Å². The second kappa shape index (κ2) is 6.57. The molecule has 1 atom stereocenters. The average Bonchev–Trinajstić information content (AvgIpc) is 3.11. The number of aromatic nitrogens is 4. The summed E-state index contributed by atoms with van der Waals surface area (Å²) in [6.45, 7) is 5.83. The van der Waals surface area contributed by atoms with Gasteiger partial charge in [-0.25, -0.2) is 14.5 Å². The Morgan fingerprint density at radius 2 is 2.00 bits per heavy atom.